The van der Waals surface area contributed by atoms with Crippen molar-refractivity contribution in [3.63, 3.8) is 0 Å². The molecule has 4 amide bonds. The van der Waals surface area contributed by atoms with Gasteiger partial charge in [0, 0.05) is 13.5 Å². The summed E-state index contributed by atoms with van der Waals surface area (Å²) in [5.41, 5.74) is 5.25. The zero-order valence-corrected chi connectivity index (χ0v) is 13.7. The molecule has 0 aromatic carbocycles. The first kappa shape index (κ1) is 20.7. The van der Waals surface area contributed by atoms with Gasteiger partial charge in [-0.2, -0.15) is 0 Å². The summed E-state index contributed by atoms with van der Waals surface area (Å²) in [5.74, 6) is -1.36. The molecule has 0 aliphatic carbocycles. The fourth-order valence-corrected chi connectivity index (χ4v) is 2.01. The summed E-state index contributed by atoms with van der Waals surface area (Å²) in [6, 6.07) is -1.66. The molecule has 9 heteroatoms. The number of hydrogen-bond acceptors (Lipinski definition) is 4. The Hall–Kier alpha value is -2.32. The highest BCUT2D eigenvalue weighted by molar-refractivity contribution is 5.91. The molecule has 0 saturated carbocycles. The summed E-state index contributed by atoms with van der Waals surface area (Å²) in [4.78, 5) is 45.2. The zero-order chi connectivity index (χ0) is 18.0. The molecule has 0 saturated heterocycles. The quantitative estimate of drug-likeness (QED) is 0.344. The summed E-state index contributed by atoms with van der Waals surface area (Å²) in [6.45, 7) is 5.27. The van der Waals surface area contributed by atoms with Crippen LogP contribution in [0.4, 0.5) is 4.79 Å². The number of carbonyl (C=O) groups is 4. The van der Waals surface area contributed by atoms with Gasteiger partial charge in [-0.25, -0.2) is 4.79 Å². The minimum atomic E-state index is -1.16. The highest BCUT2D eigenvalue weighted by Crippen LogP contribution is 2.06. The van der Waals surface area contributed by atoms with Gasteiger partial charge in [-0.1, -0.05) is 13.8 Å². The first-order chi connectivity index (χ1) is 10.6. The summed E-state index contributed by atoms with van der Waals surface area (Å²) in [7, 11) is 0. The third kappa shape index (κ3) is 10.1. The molecule has 0 rings (SSSR count). The molecular weight excluding hydrogens is 304 g/mol. The predicted molar refractivity (Wildman–Crippen MR) is 83.4 cm³/mol. The monoisotopic (exact) mass is 330 g/mol. The van der Waals surface area contributed by atoms with Gasteiger partial charge >= 0.3 is 6.09 Å². The van der Waals surface area contributed by atoms with E-state index in [0.717, 1.165) is 0 Å². The third-order valence-corrected chi connectivity index (χ3v) is 3.01. The Morgan fingerprint density at radius 1 is 1.09 bits per heavy atom. The van der Waals surface area contributed by atoms with Crippen molar-refractivity contribution in [2.45, 2.75) is 52.1 Å². The Labute approximate surface area is 135 Å². The SMILES string of the molecule is CC(=O)NC(CC(C)C)C(=O)NC(CCCNC(=O)O)C(N)=O. The largest absolute Gasteiger partial charge is 0.465 e. The molecule has 2 unspecified atom stereocenters. The van der Waals surface area contributed by atoms with Gasteiger partial charge in [-0.3, -0.25) is 14.4 Å². The van der Waals surface area contributed by atoms with E-state index in [1.165, 1.54) is 6.92 Å². The van der Waals surface area contributed by atoms with Gasteiger partial charge in [0.2, 0.25) is 17.7 Å². The molecule has 0 aromatic rings. The van der Waals surface area contributed by atoms with E-state index < -0.39 is 30.0 Å². The summed E-state index contributed by atoms with van der Waals surface area (Å²) >= 11 is 0. The second-order valence-corrected chi connectivity index (χ2v) is 5.72. The minimum Gasteiger partial charge on any atom is -0.465 e. The lowest BCUT2D eigenvalue weighted by molar-refractivity contribution is -0.131. The molecule has 0 bridgehead atoms. The van der Waals surface area contributed by atoms with Crippen molar-refractivity contribution in [3.8, 4) is 0 Å². The van der Waals surface area contributed by atoms with Crippen molar-refractivity contribution >= 4 is 23.8 Å². The number of nitrogens with one attached hydrogen (secondary N) is 3. The number of carboxylic acid groups (broad SMARTS) is 1. The number of carbonyl (C=O) groups excluding carboxylic acids is 3. The van der Waals surface area contributed by atoms with E-state index in [1.54, 1.807) is 0 Å². The third-order valence-electron chi connectivity index (χ3n) is 3.01. The molecular formula is C14H26N4O5. The lowest BCUT2D eigenvalue weighted by Gasteiger charge is -2.22. The number of primary amides is 1. The maximum Gasteiger partial charge on any atom is 0.404 e. The topological polar surface area (TPSA) is 151 Å². The van der Waals surface area contributed by atoms with Crippen molar-refractivity contribution in [2.24, 2.45) is 11.7 Å². The van der Waals surface area contributed by atoms with Crippen molar-refractivity contribution in [1.29, 1.82) is 0 Å². The van der Waals surface area contributed by atoms with Crippen LogP contribution in [0.3, 0.4) is 0 Å². The number of amides is 4. The van der Waals surface area contributed by atoms with Gasteiger partial charge in [-0.15, -0.1) is 0 Å². The second-order valence-electron chi connectivity index (χ2n) is 5.72. The van der Waals surface area contributed by atoms with Crippen molar-refractivity contribution < 1.29 is 24.3 Å². The van der Waals surface area contributed by atoms with E-state index in [0.29, 0.717) is 12.8 Å². The molecule has 6 N–H and O–H groups in total. The molecule has 0 spiro atoms. The zero-order valence-electron chi connectivity index (χ0n) is 13.7. The molecule has 0 aliphatic heterocycles. The lowest BCUT2D eigenvalue weighted by Crippen LogP contribution is -2.53. The van der Waals surface area contributed by atoms with Crippen LogP contribution in [0.2, 0.25) is 0 Å². The van der Waals surface area contributed by atoms with Gasteiger partial charge in [0.1, 0.15) is 12.1 Å². The molecule has 0 heterocycles. The molecule has 9 nitrogen and oxygen atoms in total. The van der Waals surface area contributed by atoms with Gasteiger partial charge in [-0.05, 0) is 25.2 Å². The van der Waals surface area contributed by atoms with Crippen LogP contribution in [0, 0.1) is 5.92 Å². The van der Waals surface area contributed by atoms with Crippen LogP contribution in [0.25, 0.3) is 0 Å². The van der Waals surface area contributed by atoms with Gasteiger partial charge in [0.15, 0.2) is 0 Å². The number of hydrogen-bond donors (Lipinski definition) is 5. The molecule has 0 aliphatic rings. The fraction of sp³-hybridized carbons (Fsp3) is 0.714. The normalized spacial score (nSPS) is 13.0. The molecule has 2 atom stereocenters. The Kier molecular flexibility index (Phi) is 9.36. The van der Waals surface area contributed by atoms with Crippen LogP contribution in [0.1, 0.15) is 40.0 Å². The second kappa shape index (κ2) is 10.4. The Balaban J connectivity index is 4.62. The van der Waals surface area contributed by atoms with Gasteiger partial charge < -0.3 is 26.8 Å². The highest BCUT2D eigenvalue weighted by Gasteiger charge is 2.25. The standard InChI is InChI=1S/C14H26N4O5/c1-8(2)7-11(17-9(3)19)13(21)18-10(12(15)20)5-4-6-16-14(22)23/h8,10-11,16H,4-7H2,1-3H3,(H2,15,20)(H,17,19)(H,18,21)(H,22,23). The van der Waals surface area contributed by atoms with Crippen molar-refractivity contribution in [1.82, 2.24) is 16.0 Å². The van der Waals surface area contributed by atoms with E-state index >= 15 is 0 Å². The average Bonchev–Trinajstić information content (AvgIpc) is 2.39. The maximum atomic E-state index is 12.2. The van der Waals surface area contributed by atoms with E-state index in [4.69, 9.17) is 10.8 Å². The van der Waals surface area contributed by atoms with Crippen LogP contribution in [0.5, 0.6) is 0 Å². The number of nitrogens with two attached hydrogens (primary N) is 1. The Morgan fingerprint density at radius 3 is 2.13 bits per heavy atom. The summed E-state index contributed by atoms with van der Waals surface area (Å²) in [6.07, 6.45) is -0.185. The molecule has 0 fully saturated rings. The fourth-order valence-electron chi connectivity index (χ4n) is 2.01. The molecule has 132 valence electrons. The van der Waals surface area contributed by atoms with Crippen LogP contribution >= 0.6 is 0 Å². The molecule has 0 radical (unpaired) electrons. The van der Waals surface area contributed by atoms with Gasteiger partial charge in [0.05, 0.1) is 0 Å². The first-order valence-corrected chi connectivity index (χ1v) is 7.47. The highest BCUT2D eigenvalue weighted by atomic mass is 16.4. The van der Waals surface area contributed by atoms with E-state index in [2.05, 4.69) is 16.0 Å². The van der Waals surface area contributed by atoms with Crippen molar-refractivity contribution in [2.75, 3.05) is 6.54 Å². The van der Waals surface area contributed by atoms with E-state index in [-0.39, 0.29) is 24.8 Å². The predicted octanol–water partition coefficient (Wildman–Crippen LogP) is -0.445. The molecule has 23 heavy (non-hydrogen) atoms. The van der Waals surface area contributed by atoms with E-state index in [9.17, 15) is 19.2 Å². The Bertz CT molecular complexity index is 439. The van der Waals surface area contributed by atoms with Crippen LogP contribution in [-0.2, 0) is 14.4 Å². The average molecular weight is 330 g/mol. The van der Waals surface area contributed by atoms with Gasteiger partial charge in [0.25, 0.3) is 0 Å². The summed E-state index contributed by atoms with van der Waals surface area (Å²) in [5, 5.41) is 15.7. The van der Waals surface area contributed by atoms with E-state index in [1.807, 2.05) is 13.8 Å². The Morgan fingerprint density at radius 2 is 1.70 bits per heavy atom. The minimum absolute atomic E-state index is 0.149. The van der Waals surface area contributed by atoms with Crippen LogP contribution in [-0.4, -0.2) is 47.5 Å². The smallest absolute Gasteiger partial charge is 0.404 e. The number of rotatable bonds is 10. The van der Waals surface area contributed by atoms with Crippen molar-refractivity contribution in [3.05, 3.63) is 0 Å². The first-order valence-electron chi connectivity index (χ1n) is 7.47. The maximum absolute atomic E-state index is 12.2. The molecule has 0 aromatic heterocycles. The van der Waals surface area contributed by atoms with Crippen LogP contribution < -0.4 is 21.7 Å². The summed E-state index contributed by atoms with van der Waals surface area (Å²) < 4.78 is 0. The lowest BCUT2D eigenvalue weighted by atomic mass is 10.0. The van der Waals surface area contributed by atoms with Crippen LogP contribution in [0.15, 0.2) is 0 Å².